The summed E-state index contributed by atoms with van der Waals surface area (Å²) in [5, 5.41) is 9.84. The normalized spacial score (nSPS) is 11.2. The van der Waals surface area contributed by atoms with Crippen LogP contribution in [0.1, 0.15) is 5.56 Å². The fourth-order valence-corrected chi connectivity index (χ4v) is 2.65. The van der Waals surface area contributed by atoms with Crippen molar-refractivity contribution >= 4 is 10.1 Å². The number of aromatic hydroxyl groups is 1. The molecule has 20 heavy (non-hydrogen) atoms. The Balaban J connectivity index is 2.23. The molecule has 0 spiro atoms. The Hall–Kier alpha value is -2.05. The maximum atomic E-state index is 12.1. The van der Waals surface area contributed by atoms with Gasteiger partial charge in [-0.2, -0.15) is 8.42 Å². The van der Waals surface area contributed by atoms with Gasteiger partial charge in [0.2, 0.25) is 0 Å². The van der Waals surface area contributed by atoms with E-state index >= 15 is 0 Å². The highest BCUT2D eigenvalue weighted by Gasteiger charge is 2.22. The van der Waals surface area contributed by atoms with Gasteiger partial charge in [0.25, 0.3) is 0 Å². The molecular weight excluding hydrogens is 280 g/mol. The molecule has 6 heteroatoms. The minimum atomic E-state index is -4.05. The lowest BCUT2D eigenvalue weighted by Crippen LogP contribution is -2.07. The Morgan fingerprint density at radius 1 is 1.05 bits per heavy atom. The summed E-state index contributed by atoms with van der Waals surface area (Å²) in [6.07, 6.45) is 0. The zero-order valence-electron chi connectivity index (χ0n) is 10.8. The summed E-state index contributed by atoms with van der Waals surface area (Å²) in [5.41, 5.74) is 0.721. The van der Waals surface area contributed by atoms with Gasteiger partial charge in [-0.05, 0) is 17.7 Å². The quantitative estimate of drug-likeness (QED) is 0.857. The average Bonchev–Trinajstić information content (AvgIpc) is 2.46. The molecule has 0 aliphatic rings. The van der Waals surface area contributed by atoms with Gasteiger partial charge in [-0.1, -0.05) is 36.4 Å². The van der Waals surface area contributed by atoms with Crippen LogP contribution in [0.5, 0.6) is 11.5 Å². The molecule has 0 saturated heterocycles. The summed E-state index contributed by atoms with van der Waals surface area (Å²) in [7, 11) is -2.71. The van der Waals surface area contributed by atoms with Crippen molar-refractivity contribution in [1.29, 1.82) is 0 Å². The van der Waals surface area contributed by atoms with Gasteiger partial charge in [0.1, 0.15) is 4.90 Å². The van der Waals surface area contributed by atoms with Crippen LogP contribution in [0.3, 0.4) is 0 Å². The van der Waals surface area contributed by atoms with Crippen LogP contribution in [-0.4, -0.2) is 20.6 Å². The number of phenols is 1. The standard InChI is InChI=1S/C14H14O5S/c1-18-12-8-5-9-13(14(12)15)20(16,17)19-10-11-6-3-2-4-7-11/h2-9,15H,10H2,1H3. The second-order valence-corrected chi connectivity index (χ2v) is 5.59. The Labute approximate surface area is 117 Å². The maximum Gasteiger partial charge on any atom is 0.301 e. The molecule has 0 unspecified atom stereocenters. The minimum Gasteiger partial charge on any atom is -0.503 e. The molecule has 5 nitrogen and oxygen atoms in total. The summed E-state index contributed by atoms with van der Waals surface area (Å²) in [5.74, 6) is -0.377. The number of methoxy groups -OCH3 is 1. The highest BCUT2D eigenvalue weighted by atomic mass is 32.2. The van der Waals surface area contributed by atoms with Gasteiger partial charge in [0, 0.05) is 0 Å². The van der Waals surface area contributed by atoms with Crippen LogP contribution >= 0.6 is 0 Å². The molecule has 1 N–H and O–H groups in total. The van der Waals surface area contributed by atoms with Crippen LogP contribution in [-0.2, 0) is 20.9 Å². The molecule has 0 radical (unpaired) electrons. The largest absolute Gasteiger partial charge is 0.503 e. The third kappa shape index (κ3) is 3.09. The second-order valence-electron chi connectivity index (χ2n) is 4.01. The zero-order chi connectivity index (χ0) is 14.6. The van der Waals surface area contributed by atoms with Crippen molar-refractivity contribution < 1.29 is 22.4 Å². The number of ether oxygens (including phenoxy) is 1. The van der Waals surface area contributed by atoms with Crippen LogP contribution in [0.25, 0.3) is 0 Å². The molecule has 0 aliphatic heterocycles. The topological polar surface area (TPSA) is 72.8 Å². The van der Waals surface area contributed by atoms with E-state index in [-0.39, 0.29) is 17.3 Å². The number of benzene rings is 2. The second kappa shape index (κ2) is 5.94. The van der Waals surface area contributed by atoms with Crippen molar-refractivity contribution in [3.63, 3.8) is 0 Å². The van der Waals surface area contributed by atoms with Gasteiger partial charge in [-0.25, -0.2) is 0 Å². The van der Waals surface area contributed by atoms with E-state index in [1.165, 1.54) is 25.3 Å². The van der Waals surface area contributed by atoms with Gasteiger partial charge in [-0.3, -0.25) is 4.18 Å². The van der Waals surface area contributed by atoms with Crippen LogP contribution in [0, 0.1) is 0 Å². The van der Waals surface area contributed by atoms with Crippen LogP contribution in [0.2, 0.25) is 0 Å². The van der Waals surface area contributed by atoms with E-state index < -0.39 is 15.9 Å². The monoisotopic (exact) mass is 294 g/mol. The zero-order valence-corrected chi connectivity index (χ0v) is 11.6. The SMILES string of the molecule is COc1cccc(S(=O)(=O)OCc2ccccc2)c1O. The van der Waals surface area contributed by atoms with Crippen molar-refractivity contribution in [3.8, 4) is 11.5 Å². The molecular formula is C14H14O5S. The Morgan fingerprint density at radius 2 is 1.75 bits per heavy atom. The molecule has 0 aromatic heterocycles. The first kappa shape index (κ1) is 14.4. The van der Waals surface area contributed by atoms with Crippen LogP contribution in [0.4, 0.5) is 0 Å². The Kier molecular flexibility index (Phi) is 4.26. The smallest absolute Gasteiger partial charge is 0.301 e. The van der Waals surface area contributed by atoms with Gasteiger partial charge in [0.15, 0.2) is 11.5 Å². The van der Waals surface area contributed by atoms with E-state index in [0.29, 0.717) is 0 Å². The minimum absolute atomic E-state index is 0.0781. The number of hydrogen-bond donors (Lipinski definition) is 1. The first-order chi connectivity index (χ1) is 9.54. The summed E-state index contributed by atoms with van der Waals surface area (Å²) in [6, 6.07) is 13.1. The van der Waals surface area contributed by atoms with Crippen LogP contribution in [0.15, 0.2) is 53.4 Å². The third-order valence-electron chi connectivity index (χ3n) is 2.67. The molecule has 0 aliphatic carbocycles. The predicted octanol–water partition coefficient (Wildman–Crippen LogP) is 2.31. The molecule has 0 saturated carbocycles. The number of rotatable bonds is 5. The van der Waals surface area contributed by atoms with Crippen molar-refractivity contribution in [2.45, 2.75) is 11.5 Å². The molecule has 0 fully saturated rings. The fourth-order valence-electron chi connectivity index (χ4n) is 1.65. The van der Waals surface area contributed by atoms with Gasteiger partial charge in [0.05, 0.1) is 13.7 Å². The molecule has 2 rings (SSSR count). The Bertz CT molecular complexity index is 680. The molecule has 2 aromatic rings. The molecule has 0 bridgehead atoms. The first-order valence-corrected chi connectivity index (χ1v) is 7.25. The van der Waals surface area contributed by atoms with E-state index in [9.17, 15) is 13.5 Å². The highest BCUT2D eigenvalue weighted by molar-refractivity contribution is 7.86. The highest BCUT2D eigenvalue weighted by Crippen LogP contribution is 2.33. The molecule has 0 atom stereocenters. The lowest BCUT2D eigenvalue weighted by molar-refractivity contribution is 0.303. The molecule has 0 amide bonds. The molecule has 2 aromatic carbocycles. The van der Waals surface area contributed by atoms with E-state index in [1.54, 1.807) is 24.3 Å². The lowest BCUT2D eigenvalue weighted by Gasteiger charge is -2.09. The van der Waals surface area contributed by atoms with Gasteiger partial charge < -0.3 is 9.84 Å². The number of phenolic OH excluding ortho intramolecular Hbond substituents is 1. The Morgan fingerprint density at radius 3 is 2.40 bits per heavy atom. The number of hydrogen-bond acceptors (Lipinski definition) is 5. The van der Waals surface area contributed by atoms with Crippen molar-refractivity contribution in [1.82, 2.24) is 0 Å². The fraction of sp³-hybridized carbons (Fsp3) is 0.143. The molecule has 106 valence electrons. The van der Waals surface area contributed by atoms with Crippen LogP contribution < -0.4 is 4.74 Å². The van der Waals surface area contributed by atoms with E-state index in [0.717, 1.165) is 5.56 Å². The van der Waals surface area contributed by atoms with Gasteiger partial charge in [-0.15, -0.1) is 0 Å². The summed E-state index contributed by atoms with van der Waals surface area (Å²) < 4.78 is 33.9. The van der Waals surface area contributed by atoms with Crippen molar-refractivity contribution in [2.75, 3.05) is 7.11 Å². The third-order valence-corrected chi connectivity index (χ3v) is 3.97. The van der Waals surface area contributed by atoms with E-state index in [2.05, 4.69) is 0 Å². The summed E-state index contributed by atoms with van der Waals surface area (Å²) in [6.45, 7) is -0.0974. The summed E-state index contributed by atoms with van der Waals surface area (Å²) in [4.78, 5) is -0.312. The number of para-hydroxylation sites is 1. The maximum absolute atomic E-state index is 12.1. The summed E-state index contributed by atoms with van der Waals surface area (Å²) >= 11 is 0. The van der Waals surface area contributed by atoms with E-state index in [1.807, 2.05) is 6.07 Å². The van der Waals surface area contributed by atoms with E-state index in [4.69, 9.17) is 8.92 Å². The average molecular weight is 294 g/mol. The van der Waals surface area contributed by atoms with Crippen molar-refractivity contribution in [3.05, 3.63) is 54.1 Å². The lowest BCUT2D eigenvalue weighted by atomic mass is 10.2. The predicted molar refractivity (Wildman–Crippen MR) is 73.1 cm³/mol. The molecule has 0 heterocycles. The van der Waals surface area contributed by atoms with Gasteiger partial charge >= 0.3 is 10.1 Å². The first-order valence-electron chi connectivity index (χ1n) is 5.84. The van der Waals surface area contributed by atoms with Crippen molar-refractivity contribution in [2.24, 2.45) is 0 Å².